The third kappa shape index (κ3) is 5.89. The van der Waals surface area contributed by atoms with Crippen LogP contribution in [0.15, 0.2) is 18.2 Å². The van der Waals surface area contributed by atoms with Crippen LogP contribution in [0.2, 0.25) is 0 Å². The maximum Gasteiger partial charge on any atom is 0.417 e. The van der Waals surface area contributed by atoms with E-state index >= 15 is 0 Å². The van der Waals surface area contributed by atoms with E-state index in [1.807, 2.05) is 11.8 Å². The number of carbonyl (C=O) groups is 2. The largest absolute Gasteiger partial charge is 0.417 e. The number of alkyl halides is 3. The molecule has 1 N–H and O–H groups in total. The smallest absolute Gasteiger partial charge is 0.372 e. The summed E-state index contributed by atoms with van der Waals surface area (Å²) in [6, 6.07) is 5.56. The molecule has 1 aromatic carbocycles. The lowest BCUT2D eigenvalue weighted by atomic mass is 9.78. The summed E-state index contributed by atoms with van der Waals surface area (Å²) < 4.78 is 45.8. The van der Waals surface area contributed by atoms with Gasteiger partial charge in [0.05, 0.1) is 23.1 Å². The number of benzene rings is 1. The minimum Gasteiger partial charge on any atom is -0.372 e. The minimum absolute atomic E-state index is 0.0251. The first-order valence-corrected chi connectivity index (χ1v) is 12.2. The van der Waals surface area contributed by atoms with Crippen LogP contribution in [-0.4, -0.2) is 62.1 Å². The number of hydrogen-bond acceptors (Lipinski definition) is 5. The van der Waals surface area contributed by atoms with Crippen molar-refractivity contribution >= 4 is 17.5 Å². The first-order chi connectivity index (χ1) is 16.7. The first kappa shape index (κ1) is 25.3. The summed E-state index contributed by atoms with van der Waals surface area (Å²) in [5.74, 6) is -0.260. The van der Waals surface area contributed by atoms with Crippen molar-refractivity contribution in [3.8, 4) is 6.07 Å². The molecule has 3 fully saturated rings. The van der Waals surface area contributed by atoms with Gasteiger partial charge in [-0.3, -0.25) is 9.59 Å². The van der Waals surface area contributed by atoms with Crippen LogP contribution >= 0.6 is 0 Å². The number of ether oxygens (including phenoxy) is 1. The SMILES string of the molecule is CCOCC(=O)N1CCC([C@@H]2CN(c3ccc(C#N)c(C(F)(F)F)c3)C[C@H]2C(=O)NC2CC2)CC1. The van der Waals surface area contributed by atoms with Crippen molar-refractivity contribution in [2.75, 3.05) is 44.3 Å². The van der Waals surface area contributed by atoms with Crippen molar-refractivity contribution in [1.82, 2.24) is 10.2 Å². The molecule has 1 aliphatic carbocycles. The van der Waals surface area contributed by atoms with Crippen LogP contribution in [0, 0.1) is 29.1 Å². The summed E-state index contributed by atoms with van der Waals surface area (Å²) in [4.78, 5) is 29.0. The second kappa shape index (κ2) is 10.4. The van der Waals surface area contributed by atoms with E-state index in [9.17, 15) is 22.8 Å². The summed E-state index contributed by atoms with van der Waals surface area (Å²) in [5.41, 5.74) is -1.00. The Bertz CT molecular complexity index is 981. The Hall–Kier alpha value is -2.80. The monoisotopic (exact) mass is 492 g/mol. The van der Waals surface area contributed by atoms with Gasteiger partial charge in [0.15, 0.2) is 0 Å². The number of amides is 2. The predicted molar refractivity (Wildman–Crippen MR) is 122 cm³/mol. The number of rotatable bonds is 7. The third-order valence-electron chi connectivity index (χ3n) is 7.35. The van der Waals surface area contributed by atoms with E-state index in [1.165, 1.54) is 12.1 Å². The molecule has 10 heteroatoms. The molecular formula is C25H31F3N4O3. The number of nitrogens with zero attached hydrogens (tertiary/aromatic N) is 3. The van der Waals surface area contributed by atoms with Crippen molar-refractivity contribution in [2.45, 2.75) is 44.8 Å². The summed E-state index contributed by atoms with van der Waals surface area (Å²) in [6.07, 6.45) is -1.24. The van der Waals surface area contributed by atoms with Gasteiger partial charge in [-0.1, -0.05) is 0 Å². The molecule has 2 saturated heterocycles. The van der Waals surface area contributed by atoms with Gasteiger partial charge < -0.3 is 19.9 Å². The molecule has 0 radical (unpaired) electrons. The van der Waals surface area contributed by atoms with Gasteiger partial charge in [-0.15, -0.1) is 0 Å². The van der Waals surface area contributed by atoms with E-state index in [0.29, 0.717) is 38.5 Å². The van der Waals surface area contributed by atoms with Crippen LogP contribution in [0.5, 0.6) is 0 Å². The van der Waals surface area contributed by atoms with Gasteiger partial charge in [-0.05, 0) is 62.6 Å². The molecular weight excluding hydrogens is 461 g/mol. The second-order valence-corrected chi connectivity index (χ2v) is 9.65. The zero-order valence-electron chi connectivity index (χ0n) is 19.8. The Labute approximate surface area is 203 Å². The van der Waals surface area contributed by atoms with Gasteiger partial charge in [0.1, 0.15) is 6.61 Å². The number of nitrogens with one attached hydrogen (secondary N) is 1. The summed E-state index contributed by atoms with van der Waals surface area (Å²) in [6.45, 7) is 4.33. The van der Waals surface area contributed by atoms with Gasteiger partial charge >= 0.3 is 6.18 Å². The zero-order valence-corrected chi connectivity index (χ0v) is 19.8. The van der Waals surface area contributed by atoms with Crippen molar-refractivity contribution < 1.29 is 27.5 Å². The van der Waals surface area contributed by atoms with Crippen molar-refractivity contribution in [3.05, 3.63) is 29.3 Å². The van der Waals surface area contributed by atoms with Crippen LogP contribution in [-0.2, 0) is 20.5 Å². The minimum atomic E-state index is -4.64. The Morgan fingerprint density at radius 1 is 1.17 bits per heavy atom. The molecule has 2 heterocycles. The summed E-state index contributed by atoms with van der Waals surface area (Å²) in [7, 11) is 0. The van der Waals surface area contributed by atoms with E-state index in [1.54, 1.807) is 11.0 Å². The van der Waals surface area contributed by atoms with Crippen LogP contribution in [0.3, 0.4) is 0 Å². The third-order valence-corrected chi connectivity index (χ3v) is 7.35. The topological polar surface area (TPSA) is 85.7 Å². The highest BCUT2D eigenvalue weighted by Crippen LogP contribution is 2.40. The molecule has 1 aromatic rings. The molecule has 2 atom stereocenters. The van der Waals surface area contributed by atoms with E-state index < -0.39 is 17.3 Å². The molecule has 2 aliphatic heterocycles. The molecule has 0 bridgehead atoms. The van der Waals surface area contributed by atoms with Gasteiger partial charge in [-0.2, -0.15) is 18.4 Å². The average Bonchev–Trinajstić information content (AvgIpc) is 3.55. The van der Waals surface area contributed by atoms with Gasteiger partial charge in [-0.25, -0.2) is 0 Å². The second-order valence-electron chi connectivity index (χ2n) is 9.65. The molecule has 4 rings (SSSR count). The Morgan fingerprint density at radius 2 is 1.89 bits per heavy atom. The fourth-order valence-electron chi connectivity index (χ4n) is 5.25. The van der Waals surface area contributed by atoms with E-state index in [2.05, 4.69) is 5.32 Å². The molecule has 35 heavy (non-hydrogen) atoms. The predicted octanol–water partition coefficient (Wildman–Crippen LogP) is 3.18. The molecule has 190 valence electrons. The zero-order chi connectivity index (χ0) is 25.2. The van der Waals surface area contributed by atoms with Crippen LogP contribution < -0.4 is 10.2 Å². The lowest BCUT2D eigenvalue weighted by molar-refractivity contribution is -0.138. The highest BCUT2D eigenvalue weighted by molar-refractivity contribution is 5.81. The van der Waals surface area contributed by atoms with Crippen LogP contribution in [0.1, 0.15) is 43.7 Å². The Morgan fingerprint density at radius 3 is 2.49 bits per heavy atom. The maximum atomic E-state index is 13.5. The molecule has 3 aliphatic rings. The standard InChI is InChI=1S/C25H31F3N4O3/c1-2-35-15-23(33)31-9-7-16(8-10-31)20-13-32(14-21(20)24(34)30-18-4-5-18)19-6-3-17(12-29)22(11-19)25(26,27)28/h3,6,11,16,18,20-21H,2,4-5,7-10,13-15H2,1H3,(H,30,34)/t20-,21+/m0/s1. The van der Waals surface area contributed by atoms with Crippen molar-refractivity contribution in [2.24, 2.45) is 17.8 Å². The van der Waals surface area contributed by atoms with Gasteiger partial charge in [0, 0.05) is 44.5 Å². The van der Waals surface area contributed by atoms with E-state index in [-0.39, 0.29) is 42.2 Å². The number of piperidine rings is 1. The fraction of sp³-hybridized carbons (Fsp3) is 0.640. The van der Waals surface area contributed by atoms with E-state index in [0.717, 1.165) is 31.7 Å². The van der Waals surface area contributed by atoms with Crippen molar-refractivity contribution in [3.63, 3.8) is 0 Å². The molecule has 0 unspecified atom stereocenters. The quantitative estimate of drug-likeness (QED) is 0.632. The van der Waals surface area contributed by atoms with Crippen molar-refractivity contribution in [1.29, 1.82) is 5.26 Å². The number of nitriles is 1. The maximum absolute atomic E-state index is 13.5. The number of hydrogen-bond donors (Lipinski definition) is 1. The molecule has 2 amide bonds. The molecule has 0 aromatic heterocycles. The van der Waals surface area contributed by atoms with Crippen LogP contribution in [0.4, 0.5) is 18.9 Å². The Balaban J connectivity index is 1.50. The van der Waals surface area contributed by atoms with Crippen LogP contribution in [0.25, 0.3) is 0 Å². The van der Waals surface area contributed by atoms with Gasteiger partial charge in [0.25, 0.3) is 0 Å². The highest BCUT2D eigenvalue weighted by atomic mass is 19.4. The van der Waals surface area contributed by atoms with Gasteiger partial charge in [0.2, 0.25) is 11.8 Å². The summed E-state index contributed by atoms with van der Waals surface area (Å²) in [5, 5.41) is 12.2. The van der Waals surface area contributed by atoms with E-state index in [4.69, 9.17) is 10.00 Å². The Kier molecular flexibility index (Phi) is 7.55. The molecule has 7 nitrogen and oxygen atoms in total. The average molecular weight is 493 g/mol. The fourth-order valence-corrected chi connectivity index (χ4v) is 5.25. The number of likely N-dealkylation sites (tertiary alicyclic amines) is 1. The number of anilines is 1. The summed E-state index contributed by atoms with van der Waals surface area (Å²) >= 11 is 0. The molecule has 1 saturated carbocycles. The molecule has 0 spiro atoms. The lowest BCUT2D eigenvalue weighted by Gasteiger charge is -2.36. The number of carbonyl (C=O) groups excluding carboxylic acids is 2. The normalized spacial score (nSPS) is 23.3. The lowest BCUT2D eigenvalue weighted by Crippen LogP contribution is -2.44. The highest BCUT2D eigenvalue weighted by Gasteiger charge is 2.44. The number of halogens is 3. The first-order valence-electron chi connectivity index (χ1n) is 12.2.